The Balaban J connectivity index is 2.49. The highest BCUT2D eigenvalue weighted by molar-refractivity contribution is 9.09. The molecule has 0 unspecified atom stereocenters. The minimum absolute atomic E-state index is 0.0271. The summed E-state index contributed by atoms with van der Waals surface area (Å²) < 4.78 is 0. The van der Waals surface area contributed by atoms with E-state index in [-0.39, 0.29) is 11.4 Å². The summed E-state index contributed by atoms with van der Waals surface area (Å²) in [5.74, 6) is 1.57. The summed E-state index contributed by atoms with van der Waals surface area (Å²) in [7, 11) is 0. The highest BCUT2D eigenvalue weighted by Crippen LogP contribution is 2.33. The van der Waals surface area contributed by atoms with Gasteiger partial charge < -0.3 is 5.32 Å². The lowest BCUT2D eigenvalue weighted by atomic mass is 9.78. The predicted molar refractivity (Wildman–Crippen MR) is 70.7 cm³/mol. The van der Waals surface area contributed by atoms with E-state index < -0.39 is 0 Å². The molecule has 1 saturated carbocycles. The number of amides is 1. The number of nitrogens with one attached hydrogen (secondary N) is 1. The van der Waals surface area contributed by atoms with Gasteiger partial charge in [-0.3, -0.25) is 4.79 Å². The molecule has 0 aromatic carbocycles. The molecule has 0 aromatic heterocycles. The summed E-state index contributed by atoms with van der Waals surface area (Å²) in [6, 6.07) is 0. The second-order valence-electron chi connectivity index (χ2n) is 4.58. The van der Waals surface area contributed by atoms with Crippen LogP contribution in [0.4, 0.5) is 0 Å². The third-order valence-corrected chi connectivity index (χ3v) is 4.79. The van der Waals surface area contributed by atoms with Crippen LogP contribution in [-0.4, -0.2) is 28.8 Å². The van der Waals surface area contributed by atoms with Crippen molar-refractivity contribution in [3.8, 4) is 0 Å². The van der Waals surface area contributed by atoms with Gasteiger partial charge in [0.1, 0.15) is 0 Å². The van der Waals surface area contributed by atoms with Crippen LogP contribution in [0.25, 0.3) is 0 Å². The zero-order valence-corrected chi connectivity index (χ0v) is 11.9. The van der Waals surface area contributed by atoms with Gasteiger partial charge >= 0.3 is 0 Å². The molecule has 0 aromatic rings. The standard InChI is InChI=1S/C11H20BrNOS/c1-9-3-5-11(8-12,6-4-9)13-10(14)7-15-2/h9H,3-8H2,1-2H3,(H,13,14). The number of alkyl halides is 1. The van der Waals surface area contributed by atoms with Crippen LogP contribution < -0.4 is 5.32 Å². The van der Waals surface area contributed by atoms with Crippen molar-refractivity contribution in [1.82, 2.24) is 5.32 Å². The Kier molecular flexibility index (Phi) is 5.47. The summed E-state index contributed by atoms with van der Waals surface area (Å²) in [4.78, 5) is 11.6. The van der Waals surface area contributed by atoms with E-state index in [1.54, 1.807) is 11.8 Å². The van der Waals surface area contributed by atoms with Crippen molar-refractivity contribution in [3.63, 3.8) is 0 Å². The Morgan fingerprint density at radius 2 is 2.13 bits per heavy atom. The first-order chi connectivity index (χ1) is 7.12. The number of thioether (sulfide) groups is 1. The maximum absolute atomic E-state index is 11.6. The maximum Gasteiger partial charge on any atom is 0.230 e. The topological polar surface area (TPSA) is 29.1 Å². The summed E-state index contributed by atoms with van der Waals surface area (Å²) in [5, 5.41) is 4.08. The molecular formula is C11H20BrNOS. The SMILES string of the molecule is CSCC(=O)NC1(CBr)CCC(C)CC1. The molecule has 0 heterocycles. The van der Waals surface area contributed by atoms with Crippen LogP contribution >= 0.6 is 27.7 Å². The van der Waals surface area contributed by atoms with E-state index in [1.807, 2.05) is 6.26 Å². The molecule has 1 N–H and O–H groups in total. The average Bonchev–Trinajstić information content (AvgIpc) is 2.22. The van der Waals surface area contributed by atoms with E-state index >= 15 is 0 Å². The maximum atomic E-state index is 11.6. The number of carbonyl (C=O) groups is 1. The largest absolute Gasteiger partial charge is 0.349 e. The lowest BCUT2D eigenvalue weighted by Crippen LogP contribution is -2.52. The highest BCUT2D eigenvalue weighted by Gasteiger charge is 2.34. The monoisotopic (exact) mass is 293 g/mol. The van der Waals surface area contributed by atoms with Crippen molar-refractivity contribution in [2.24, 2.45) is 5.92 Å². The van der Waals surface area contributed by atoms with Gasteiger partial charge in [0.25, 0.3) is 0 Å². The number of hydrogen-bond acceptors (Lipinski definition) is 2. The molecule has 4 heteroatoms. The van der Waals surface area contributed by atoms with Crippen molar-refractivity contribution < 1.29 is 4.79 Å². The molecule has 0 aliphatic heterocycles. The molecule has 0 saturated heterocycles. The van der Waals surface area contributed by atoms with Crippen molar-refractivity contribution in [1.29, 1.82) is 0 Å². The van der Waals surface area contributed by atoms with Crippen molar-refractivity contribution in [2.75, 3.05) is 17.3 Å². The fourth-order valence-electron chi connectivity index (χ4n) is 2.07. The molecule has 0 atom stereocenters. The third kappa shape index (κ3) is 3.99. The van der Waals surface area contributed by atoms with Crippen LogP contribution in [-0.2, 0) is 4.79 Å². The fourth-order valence-corrected chi connectivity index (χ4v) is 3.10. The van der Waals surface area contributed by atoms with Crippen LogP contribution in [0.15, 0.2) is 0 Å². The summed E-state index contributed by atoms with van der Waals surface area (Å²) in [5.41, 5.74) is 0.0271. The Bertz CT molecular complexity index is 215. The van der Waals surface area contributed by atoms with Crippen LogP contribution in [0.1, 0.15) is 32.6 Å². The van der Waals surface area contributed by atoms with Crippen molar-refractivity contribution in [2.45, 2.75) is 38.1 Å². The van der Waals surface area contributed by atoms with E-state index in [0.717, 1.165) is 24.1 Å². The Morgan fingerprint density at radius 1 is 1.53 bits per heavy atom. The first-order valence-electron chi connectivity index (χ1n) is 5.48. The zero-order chi connectivity index (χ0) is 11.3. The molecule has 1 aliphatic rings. The second kappa shape index (κ2) is 6.14. The summed E-state index contributed by atoms with van der Waals surface area (Å²) in [6.45, 7) is 2.29. The Morgan fingerprint density at radius 3 is 2.60 bits per heavy atom. The van der Waals surface area contributed by atoms with Crippen molar-refractivity contribution >= 4 is 33.6 Å². The first-order valence-corrected chi connectivity index (χ1v) is 7.99. The molecule has 0 bridgehead atoms. The number of halogens is 1. The summed E-state index contributed by atoms with van der Waals surface area (Å²) in [6.07, 6.45) is 6.64. The molecule has 15 heavy (non-hydrogen) atoms. The van der Waals surface area contributed by atoms with E-state index in [4.69, 9.17) is 0 Å². The van der Waals surface area contributed by atoms with E-state index in [2.05, 4.69) is 28.2 Å². The fraction of sp³-hybridized carbons (Fsp3) is 0.909. The molecule has 1 aliphatic carbocycles. The van der Waals surface area contributed by atoms with Crippen LogP contribution in [0.3, 0.4) is 0 Å². The number of carbonyl (C=O) groups excluding carboxylic acids is 1. The predicted octanol–water partition coefficient (Wildman–Crippen LogP) is 2.81. The Hall–Kier alpha value is 0.300. The van der Waals surface area contributed by atoms with Gasteiger partial charge in [0.15, 0.2) is 0 Å². The third-order valence-electron chi connectivity index (χ3n) is 3.17. The van der Waals surface area contributed by atoms with E-state index in [9.17, 15) is 4.79 Å². The van der Waals surface area contributed by atoms with Crippen LogP contribution in [0.2, 0.25) is 0 Å². The normalized spacial score (nSPS) is 31.3. The molecule has 1 rings (SSSR count). The Labute approximate surface area is 105 Å². The minimum Gasteiger partial charge on any atom is -0.349 e. The van der Waals surface area contributed by atoms with Gasteiger partial charge in [-0.05, 0) is 37.9 Å². The zero-order valence-electron chi connectivity index (χ0n) is 9.51. The minimum atomic E-state index is 0.0271. The van der Waals surface area contributed by atoms with Crippen LogP contribution in [0, 0.1) is 5.92 Å². The molecular weight excluding hydrogens is 274 g/mol. The molecule has 0 spiro atoms. The quantitative estimate of drug-likeness (QED) is 0.808. The summed E-state index contributed by atoms with van der Waals surface area (Å²) >= 11 is 5.13. The lowest BCUT2D eigenvalue weighted by molar-refractivity contribution is -0.120. The van der Waals surface area contributed by atoms with E-state index in [1.165, 1.54) is 12.8 Å². The number of rotatable bonds is 4. The van der Waals surface area contributed by atoms with Gasteiger partial charge in [0.2, 0.25) is 5.91 Å². The van der Waals surface area contributed by atoms with E-state index in [0.29, 0.717) is 5.75 Å². The smallest absolute Gasteiger partial charge is 0.230 e. The molecule has 2 nitrogen and oxygen atoms in total. The second-order valence-corrected chi connectivity index (χ2v) is 6.00. The lowest BCUT2D eigenvalue weighted by Gasteiger charge is -2.39. The van der Waals surface area contributed by atoms with Crippen LogP contribution in [0.5, 0.6) is 0 Å². The average molecular weight is 294 g/mol. The van der Waals surface area contributed by atoms with Gasteiger partial charge in [-0.25, -0.2) is 0 Å². The molecule has 0 radical (unpaired) electrons. The van der Waals surface area contributed by atoms with Gasteiger partial charge in [-0.2, -0.15) is 11.8 Å². The first kappa shape index (κ1) is 13.4. The molecule has 1 fully saturated rings. The number of hydrogen-bond donors (Lipinski definition) is 1. The van der Waals surface area contributed by atoms with Gasteiger partial charge in [-0.1, -0.05) is 22.9 Å². The van der Waals surface area contributed by atoms with Gasteiger partial charge in [0, 0.05) is 10.9 Å². The molecule has 1 amide bonds. The van der Waals surface area contributed by atoms with Gasteiger partial charge in [-0.15, -0.1) is 0 Å². The highest BCUT2D eigenvalue weighted by atomic mass is 79.9. The molecule has 88 valence electrons. The van der Waals surface area contributed by atoms with Crippen molar-refractivity contribution in [3.05, 3.63) is 0 Å². The van der Waals surface area contributed by atoms with Gasteiger partial charge in [0.05, 0.1) is 5.75 Å².